The zero-order valence-electron chi connectivity index (χ0n) is 8.64. The highest BCUT2D eigenvalue weighted by Crippen LogP contribution is 2.20. The van der Waals surface area contributed by atoms with Gasteiger partial charge in [-0.05, 0) is 25.1 Å². The minimum Gasteiger partial charge on any atom is -0.406 e. The first-order valence-electron chi connectivity index (χ1n) is 4.77. The van der Waals surface area contributed by atoms with Crippen molar-refractivity contribution in [2.24, 2.45) is 5.73 Å². The van der Waals surface area contributed by atoms with Gasteiger partial charge in [0, 0.05) is 10.2 Å². The molecule has 1 aromatic heterocycles. The van der Waals surface area contributed by atoms with E-state index in [9.17, 15) is 0 Å². The molecule has 6 heteroatoms. The van der Waals surface area contributed by atoms with E-state index in [1.807, 2.05) is 24.3 Å². The zero-order valence-corrected chi connectivity index (χ0v) is 10.2. The fourth-order valence-electron chi connectivity index (χ4n) is 1.16. The van der Waals surface area contributed by atoms with Crippen LogP contribution in [0.25, 0.3) is 0 Å². The highest BCUT2D eigenvalue weighted by Gasteiger charge is 2.09. The molecule has 84 valence electrons. The van der Waals surface area contributed by atoms with Gasteiger partial charge in [-0.2, -0.15) is 0 Å². The molecule has 0 fully saturated rings. The summed E-state index contributed by atoms with van der Waals surface area (Å²) in [5.41, 5.74) is 6.48. The van der Waals surface area contributed by atoms with Gasteiger partial charge in [0.25, 0.3) is 0 Å². The van der Waals surface area contributed by atoms with Gasteiger partial charge in [-0.1, -0.05) is 27.1 Å². The quantitative estimate of drug-likeness (QED) is 0.905. The Hall–Kier alpha value is -1.40. The van der Waals surface area contributed by atoms with Crippen LogP contribution in [-0.4, -0.2) is 10.2 Å². The molecule has 5 nitrogen and oxygen atoms in total. The molecule has 2 rings (SSSR count). The van der Waals surface area contributed by atoms with Gasteiger partial charge >= 0.3 is 6.01 Å². The number of hydrogen-bond donors (Lipinski definition) is 2. The maximum atomic E-state index is 5.61. The molecule has 0 bridgehead atoms. The smallest absolute Gasteiger partial charge is 0.320 e. The number of nitrogens with zero attached hydrogens (tertiary/aromatic N) is 2. The van der Waals surface area contributed by atoms with E-state index in [0.29, 0.717) is 11.9 Å². The topological polar surface area (TPSA) is 77.0 Å². The van der Waals surface area contributed by atoms with E-state index in [4.69, 9.17) is 10.2 Å². The Morgan fingerprint density at radius 1 is 1.44 bits per heavy atom. The minimum absolute atomic E-state index is 0.259. The predicted molar refractivity (Wildman–Crippen MR) is 64.3 cm³/mol. The maximum absolute atomic E-state index is 5.61. The van der Waals surface area contributed by atoms with Gasteiger partial charge in [-0.25, -0.2) is 0 Å². The fraction of sp³-hybridized carbons (Fsp3) is 0.200. The van der Waals surface area contributed by atoms with Gasteiger partial charge in [-0.3, -0.25) is 0 Å². The van der Waals surface area contributed by atoms with Crippen molar-refractivity contribution in [3.8, 4) is 0 Å². The monoisotopic (exact) mass is 282 g/mol. The predicted octanol–water partition coefficient (Wildman–Crippen LogP) is 2.60. The Balaban J connectivity index is 2.14. The molecule has 2 aromatic rings. The number of anilines is 2. The summed E-state index contributed by atoms with van der Waals surface area (Å²) in [6.07, 6.45) is 0. The summed E-state index contributed by atoms with van der Waals surface area (Å²) < 4.78 is 6.29. The van der Waals surface area contributed by atoms with Crippen LogP contribution >= 0.6 is 15.9 Å². The third kappa shape index (κ3) is 2.59. The average Bonchev–Trinajstić information content (AvgIpc) is 2.66. The van der Waals surface area contributed by atoms with Gasteiger partial charge in [-0.15, -0.1) is 5.10 Å². The Kier molecular flexibility index (Phi) is 3.21. The maximum Gasteiger partial charge on any atom is 0.320 e. The first kappa shape index (κ1) is 11.1. The highest BCUT2D eigenvalue weighted by molar-refractivity contribution is 9.10. The van der Waals surface area contributed by atoms with Gasteiger partial charge in [0.1, 0.15) is 0 Å². The number of nitrogens with one attached hydrogen (secondary N) is 1. The summed E-state index contributed by atoms with van der Waals surface area (Å²) in [5, 5.41) is 10.7. The summed E-state index contributed by atoms with van der Waals surface area (Å²) in [6, 6.07) is 7.74. The molecule has 0 aliphatic heterocycles. The van der Waals surface area contributed by atoms with Crippen LogP contribution in [0.5, 0.6) is 0 Å². The summed E-state index contributed by atoms with van der Waals surface area (Å²) in [6.45, 7) is 1.79. The lowest BCUT2D eigenvalue weighted by atomic mass is 10.3. The van der Waals surface area contributed by atoms with Crippen molar-refractivity contribution in [2.45, 2.75) is 13.0 Å². The number of aromatic nitrogens is 2. The normalized spacial score (nSPS) is 12.4. The van der Waals surface area contributed by atoms with Gasteiger partial charge in [0.05, 0.1) is 6.04 Å². The first-order chi connectivity index (χ1) is 7.65. The fourth-order valence-corrected chi connectivity index (χ4v) is 1.56. The molecule has 0 radical (unpaired) electrons. The second-order valence-corrected chi connectivity index (χ2v) is 4.29. The largest absolute Gasteiger partial charge is 0.406 e. The standard InChI is InChI=1S/C10H11BrN4O/c1-6(12)9-14-15-10(16-9)13-8-4-2-3-7(11)5-8/h2-6H,12H2,1H3,(H,13,15). The summed E-state index contributed by atoms with van der Waals surface area (Å²) >= 11 is 3.38. The first-order valence-corrected chi connectivity index (χ1v) is 5.56. The molecule has 0 saturated carbocycles. The van der Waals surface area contributed by atoms with Crippen LogP contribution in [0.1, 0.15) is 18.9 Å². The van der Waals surface area contributed by atoms with Crippen molar-refractivity contribution >= 4 is 27.6 Å². The Labute approximate surface area is 101 Å². The molecule has 16 heavy (non-hydrogen) atoms. The van der Waals surface area contributed by atoms with Crippen LogP contribution in [0.15, 0.2) is 33.2 Å². The molecular formula is C10H11BrN4O. The van der Waals surface area contributed by atoms with E-state index in [1.54, 1.807) is 6.92 Å². The number of rotatable bonds is 3. The van der Waals surface area contributed by atoms with Crippen LogP contribution in [0.2, 0.25) is 0 Å². The second kappa shape index (κ2) is 4.63. The molecule has 0 aliphatic carbocycles. The van der Waals surface area contributed by atoms with Crippen molar-refractivity contribution in [3.05, 3.63) is 34.6 Å². The van der Waals surface area contributed by atoms with Crippen LogP contribution in [0.3, 0.4) is 0 Å². The Morgan fingerprint density at radius 2 is 2.25 bits per heavy atom. The summed E-state index contributed by atoms with van der Waals surface area (Å²) in [7, 11) is 0. The van der Waals surface area contributed by atoms with E-state index >= 15 is 0 Å². The van der Waals surface area contributed by atoms with E-state index in [2.05, 4.69) is 31.4 Å². The number of halogens is 1. The van der Waals surface area contributed by atoms with Gasteiger partial charge in [0.15, 0.2) is 0 Å². The minimum atomic E-state index is -0.259. The number of nitrogens with two attached hydrogens (primary N) is 1. The van der Waals surface area contributed by atoms with Crippen LogP contribution in [-0.2, 0) is 0 Å². The summed E-state index contributed by atoms with van der Waals surface area (Å²) in [5.74, 6) is 0.414. The molecule has 3 N–H and O–H groups in total. The van der Waals surface area contributed by atoms with Crippen molar-refractivity contribution in [3.63, 3.8) is 0 Å². The lowest BCUT2D eigenvalue weighted by Gasteiger charge is -2.01. The Morgan fingerprint density at radius 3 is 2.88 bits per heavy atom. The third-order valence-electron chi connectivity index (χ3n) is 1.91. The lowest BCUT2D eigenvalue weighted by molar-refractivity contribution is 0.475. The van der Waals surface area contributed by atoms with E-state index < -0.39 is 0 Å². The van der Waals surface area contributed by atoms with Crippen molar-refractivity contribution in [1.82, 2.24) is 10.2 Å². The SMILES string of the molecule is CC(N)c1nnc(Nc2cccc(Br)c2)o1. The number of hydrogen-bond acceptors (Lipinski definition) is 5. The van der Waals surface area contributed by atoms with E-state index in [-0.39, 0.29) is 6.04 Å². The molecular weight excluding hydrogens is 272 g/mol. The molecule has 1 unspecified atom stereocenters. The lowest BCUT2D eigenvalue weighted by Crippen LogP contribution is -2.04. The van der Waals surface area contributed by atoms with Crippen molar-refractivity contribution in [1.29, 1.82) is 0 Å². The zero-order chi connectivity index (χ0) is 11.5. The number of benzene rings is 1. The van der Waals surface area contributed by atoms with Crippen LogP contribution in [0, 0.1) is 0 Å². The van der Waals surface area contributed by atoms with E-state index in [1.165, 1.54) is 0 Å². The van der Waals surface area contributed by atoms with E-state index in [0.717, 1.165) is 10.2 Å². The molecule has 1 aromatic carbocycles. The van der Waals surface area contributed by atoms with Crippen molar-refractivity contribution < 1.29 is 4.42 Å². The molecule has 0 saturated heterocycles. The molecule has 0 amide bonds. The third-order valence-corrected chi connectivity index (χ3v) is 2.40. The van der Waals surface area contributed by atoms with Gasteiger partial charge < -0.3 is 15.5 Å². The second-order valence-electron chi connectivity index (χ2n) is 3.37. The van der Waals surface area contributed by atoms with Crippen LogP contribution in [0.4, 0.5) is 11.7 Å². The average molecular weight is 283 g/mol. The van der Waals surface area contributed by atoms with Crippen molar-refractivity contribution in [2.75, 3.05) is 5.32 Å². The molecule has 1 atom stereocenters. The molecule has 1 heterocycles. The van der Waals surface area contributed by atoms with Crippen LogP contribution < -0.4 is 11.1 Å². The molecule has 0 aliphatic rings. The highest BCUT2D eigenvalue weighted by atomic mass is 79.9. The van der Waals surface area contributed by atoms with Gasteiger partial charge in [0.2, 0.25) is 5.89 Å². The Bertz CT molecular complexity index is 483. The summed E-state index contributed by atoms with van der Waals surface area (Å²) in [4.78, 5) is 0. The molecule has 0 spiro atoms.